The second kappa shape index (κ2) is 11.6. The van der Waals surface area contributed by atoms with Gasteiger partial charge in [-0.25, -0.2) is 4.79 Å². The van der Waals surface area contributed by atoms with E-state index >= 15 is 0 Å². The Kier molecular flexibility index (Phi) is 9.38. The highest BCUT2D eigenvalue weighted by Gasteiger charge is 2.42. The molecule has 0 saturated carbocycles. The van der Waals surface area contributed by atoms with Crippen molar-refractivity contribution in [3.8, 4) is 0 Å². The molecule has 0 radical (unpaired) electrons. The Labute approximate surface area is 152 Å². The fraction of sp³-hybridized carbons (Fsp3) is 0.875. The quantitative estimate of drug-likeness (QED) is 0.263. The first-order valence-corrected chi connectivity index (χ1v) is 9.97. The minimum Gasteiger partial charge on any atom is -0.394 e. The third kappa shape index (κ3) is 7.39. The third-order valence-corrected chi connectivity index (χ3v) is 5.77. The number of carbonyl (C=O) groups excluding carboxylic acids is 2. The van der Waals surface area contributed by atoms with Crippen molar-refractivity contribution in [1.29, 1.82) is 0 Å². The summed E-state index contributed by atoms with van der Waals surface area (Å²) in [4.78, 5) is 23.1. The van der Waals surface area contributed by atoms with Crippen LogP contribution in [0, 0.1) is 0 Å². The number of aliphatic hydroxyl groups excluding tert-OH is 1. The van der Waals surface area contributed by atoms with E-state index in [9.17, 15) is 9.59 Å². The molecular formula is C16H29N3O5S. The zero-order valence-electron chi connectivity index (χ0n) is 14.5. The maximum absolute atomic E-state index is 11.7. The number of amides is 3. The molecular weight excluding hydrogens is 346 g/mol. The molecule has 0 aromatic heterocycles. The lowest BCUT2D eigenvalue weighted by molar-refractivity contribution is -0.121. The van der Waals surface area contributed by atoms with Crippen LogP contribution in [0.2, 0.25) is 0 Å². The molecule has 2 fully saturated rings. The zero-order chi connectivity index (χ0) is 17.9. The summed E-state index contributed by atoms with van der Waals surface area (Å²) in [7, 11) is 0. The van der Waals surface area contributed by atoms with E-state index in [4.69, 9.17) is 14.6 Å². The van der Waals surface area contributed by atoms with Crippen LogP contribution in [0.1, 0.15) is 25.7 Å². The molecule has 3 atom stereocenters. The molecule has 2 heterocycles. The zero-order valence-corrected chi connectivity index (χ0v) is 15.3. The van der Waals surface area contributed by atoms with Gasteiger partial charge < -0.3 is 30.5 Å². The standard InChI is InChI=1S/C16H29N3O5S/c20-6-8-24-10-9-23-7-5-17-14(21)4-2-1-3-13-15-12(11-25-13)18-16(22)19-15/h12-13,15,20H,1-11H2,(H,17,21)(H2,18,19,22)/t12-,13-,15-/m1/s1. The summed E-state index contributed by atoms with van der Waals surface area (Å²) < 4.78 is 10.4. The van der Waals surface area contributed by atoms with Gasteiger partial charge in [-0.3, -0.25) is 4.79 Å². The van der Waals surface area contributed by atoms with Crippen LogP contribution >= 0.6 is 11.8 Å². The lowest BCUT2D eigenvalue weighted by atomic mass is 10.0. The molecule has 2 saturated heterocycles. The fourth-order valence-corrected chi connectivity index (χ4v) is 4.56. The average Bonchev–Trinajstić information content (AvgIpc) is 3.13. The molecule has 0 spiro atoms. The van der Waals surface area contributed by atoms with Gasteiger partial charge in [0.05, 0.1) is 45.1 Å². The summed E-state index contributed by atoms with van der Waals surface area (Å²) in [5.41, 5.74) is 0. The second-order valence-electron chi connectivity index (χ2n) is 6.17. The van der Waals surface area contributed by atoms with Crippen LogP contribution in [0.5, 0.6) is 0 Å². The number of aliphatic hydroxyl groups is 1. The molecule has 2 rings (SSSR count). The van der Waals surface area contributed by atoms with Crippen molar-refractivity contribution in [3.63, 3.8) is 0 Å². The van der Waals surface area contributed by atoms with Gasteiger partial charge in [-0.15, -0.1) is 0 Å². The van der Waals surface area contributed by atoms with E-state index in [1.165, 1.54) is 0 Å². The molecule has 0 aromatic carbocycles. The number of nitrogens with one attached hydrogen (secondary N) is 3. The molecule has 2 aliphatic rings. The van der Waals surface area contributed by atoms with Crippen molar-refractivity contribution in [2.45, 2.75) is 43.0 Å². The number of fused-ring (bicyclic) bond motifs is 1. The molecule has 3 amide bonds. The van der Waals surface area contributed by atoms with Crippen molar-refractivity contribution in [2.24, 2.45) is 0 Å². The van der Waals surface area contributed by atoms with Crippen molar-refractivity contribution >= 4 is 23.7 Å². The van der Waals surface area contributed by atoms with Crippen LogP contribution in [0.25, 0.3) is 0 Å². The van der Waals surface area contributed by atoms with Crippen LogP contribution in [-0.2, 0) is 14.3 Å². The van der Waals surface area contributed by atoms with E-state index in [1.54, 1.807) is 0 Å². The summed E-state index contributed by atoms with van der Waals surface area (Å²) in [6.45, 7) is 2.21. The first kappa shape index (κ1) is 20.3. The van der Waals surface area contributed by atoms with Crippen molar-refractivity contribution in [2.75, 3.05) is 45.3 Å². The van der Waals surface area contributed by atoms with Gasteiger partial charge >= 0.3 is 6.03 Å². The smallest absolute Gasteiger partial charge is 0.315 e. The van der Waals surface area contributed by atoms with Gasteiger partial charge in [0.2, 0.25) is 5.91 Å². The molecule has 0 bridgehead atoms. The summed E-state index contributed by atoms with van der Waals surface area (Å²) in [6, 6.07) is 0.450. The predicted octanol–water partition coefficient (Wildman–Crippen LogP) is -0.146. The summed E-state index contributed by atoms with van der Waals surface area (Å²) in [5.74, 6) is 1.02. The Morgan fingerprint density at radius 2 is 2.00 bits per heavy atom. The largest absolute Gasteiger partial charge is 0.394 e. The van der Waals surface area contributed by atoms with E-state index in [-0.39, 0.29) is 30.6 Å². The van der Waals surface area contributed by atoms with Gasteiger partial charge in [0.1, 0.15) is 0 Å². The lowest BCUT2D eigenvalue weighted by Crippen LogP contribution is -2.36. The maximum atomic E-state index is 11.7. The maximum Gasteiger partial charge on any atom is 0.315 e. The van der Waals surface area contributed by atoms with Crippen LogP contribution < -0.4 is 16.0 Å². The molecule has 144 valence electrons. The first-order chi connectivity index (χ1) is 12.2. The molecule has 8 nitrogen and oxygen atoms in total. The number of ether oxygens (including phenoxy) is 2. The number of hydrogen-bond acceptors (Lipinski definition) is 6. The Morgan fingerprint density at radius 1 is 1.20 bits per heavy atom. The highest BCUT2D eigenvalue weighted by atomic mass is 32.2. The predicted molar refractivity (Wildman–Crippen MR) is 95.7 cm³/mol. The van der Waals surface area contributed by atoms with Crippen molar-refractivity contribution < 1.29 is 24.2 Å². The topological polar surface area (TPSA) is 109 Å². The molecule has 2 aliphatic heterocycles. The lowest BCUT2D eigenvalue weighted by Gasteiger charge is -2.16. The summed E-state index contributed by atoms with van der Waals surface area (Å²) in [6.07, 6.45) is 3.40. The third-order valence-electron chi connectivity index (χ3n) is 4.26. The van der Waals surface area contributed by atoms with Gasteiger partial charge in [0, 0.05) is 24.0 Å². The summed E-state index contributed by atoms with van der Waals surface area (Å²) in [5, 5.41) is 17.7. The van der Waals surface area contributed by atoms with E-state index in [0.29, 0.717) is 44.6 Å². The molecule has 0 unspecified atom stereocenters. The van der Waals surface area contributed by atoms with Gasteiger partial charge in [-0.05, 0) is 12.8 Å². The molecule has 25 heavy (non-hydrogen) atoms. The van der Waals surface area contributed by atoms with Gasteiger partial charge in [-0.1, -0.05) is 6.42 Å². The molecule has 4 N–H and O–H groups in total. The average molecular weight is 375 g/mol. The van der Waals surface area contributed by atoms with Crippen molar-refractivity contribution in [1.82, 2.24) is 16.0 Å². The highest BCUT2D eigenvalue weighted by molar-refractivity contribution is 8.00. The highest BCUT2D eigenvalue weighted by Crippen LogP contribution is 2.33. The van der Waals surface area contributed by atoms with Crippen molar-refractivity contribution in [3.05, 3.63) is 0 Å². The SMILES string of the molecule is O=C(CCCC[C@H]1SC[C@H]2NC(=O)N[C@H]21)NCCOCCOCCO. The Bertz CT molecular complexity index is 427. The second-order valence-corrected chi connectivity index (χ2v) is 7.44. The van der Waals surface area contributed by atoms with E-state index in [1.807, 2.05) is 11.8 Å². The molecule has 9 heteroatoms. The normalized spacial score (nSPS) is 24.7. The number of carbonyl (C=O) groups is 2. The van der Waals surface area contributed by atoms with Crippen LogP contribution in [0.3, 0.4) is 0 Å². The first-order valence-electron chi connectivity index (χ1n) is 8.92. The van der Waals surface area contributed by atoms with Crippen LogP contribution in [-0.4, -0.2) is 79.7 Å². The van der Waals surface area contributed by atoms with Gasteiger partial charge in [0.15, 0.2) is 0 Å². The van der Waals surface area contributed by atoms with Gasteiger partial charge in [0.25, 0.3) is 0 Å². The molecule has 0 aromatic rings. The minimum absolute atomic E-state index is 0.0161. The number of unbranched alkanes of at least 4 members (excludes halogenated alkanes) is 1. The van der Waals surface area contributed by atoms with E-state index < -0.39 is 0 Å². The molecule has 0 aliphatic carbocycles. The number of thioether (sulfide) groups is 1. The van der Waals surface area contributed by atoms with E-state index in [2.05, 4.69) is 16.0 Å². The number of urea groups is 1. The number of hydrogen-bond donors (Lipinski definition) is 4. The number of rotatable bonds is 13. The Hall–Kier alpha value is -1.03. The summed E-state index contributed by atoms with van der Waals surface area (Å²) >= 11 is 1.90. The fourth-order valence-electron chi connectivity index (χ4n) is 3.01. The Balaban J connectivity index is 1.41. The monoisotopic (exact) mass is 375 g/mol. The Morgan fingerprint density at radius 3 is 2.80 bits per heavy atom. The van der Waals surface area contributed by atoms with Gasteiger partial charge in [-0.2, -0.15) is 11.8 Å². The van der Waals surface area contributed by atoms with Crippen LogP contribution in [0.15, 0.2) is 0 Å². The minimum atomic E-state index is -0.0538. The van der Waals surface area contributed by atoms with Crippen LogP contribution in [0.4, 0.5) is 4.79 Å². The van der Waals surface area contributed by atoms with E-state index in [0.717, 1.165) is 25.0 Å².